The third-order valence-electron chi connectivity index (χ3n) is 2.42. The van der Waals surface area contributed by atoms with E-state index in [0.717, 1.165) is 5.56 Å². The van der Waals surface area contributed by atoms with Crippen molar-refractivity contribution < 1.29 is 9.59 Å². The zero-order chi connectivity index (χ0) is 13.5. The predicted octanol–water partition coefficient (Wildman–Crippen LogP) is 3.01. The molecule has 0 aromatic heterocycles. The van der Waals surface area contributed by atoms with Crippen LogP contribution in [0.2, 0.25) is 0 Å². The van der Waals surface area contributed by atoms with E-state index < -0.39 is 0 Å². The monoisotopic (exact) mass is 243 g/mol. The molecule has 0 saturated heterocycles. The van der Waals surface area contributed by atoms with Crippen LogP contribution in [0.4, 0.5) is 5.69 Å². The van der Waals surface area contributed by atoms with Gasteiger partial charge in [-0.25, -0.2) is 4.90 Å². The first-order valence-corrected chi connectivity index (χ1v) is 5.81. The third kappa shape index (κ3) is 3.17. The Bertz CT molecular complexity index is 477. The van der Waals surface area contributed by atoms with Crippen LogP contribution in [0, 0.1) is 6.92 Å². The molecule has 0 spiro atoms. The number of nitrogens with zero attached hydrogens (tertiary/aromatic N) is 1. The zero-order valence-corrected chi connectivity index (χ0v) is 10.9. The van der Waals surface area contributed by atoms with Gasteiger partial charge in [0.25, 0.3) is 11.8 Å². The summed E-state index contributed by atoms with van der Waals surface area (Å²) in [5.41, 5.74) is 1.50. The van der Waals surface area contributed by atoms with Crippen molar-refractivity contribution in [1.82, 2.24) is 0 Å². The van der Waals surface area contributed by atoms with Gasteiger partial charge in [0.05, 0.1) is 5.69 Å². The molecule has 0 N–H and O–H groups in total. The Balaban J connectivity index is 3.25. The Hall–Kier alpha value is -2.16. The van der Waals surface area contributed by atoms with Crippen LogP contribution < -0.4 is 4.90 Å². The summed E-state index contributed by atoms with van der Waals surface area (Å²) in [5, 5.41) is 0. The average Bonchev–Trinajstić information content (AvgIpc) is 2.33. The van der Waals surface area contributed by atoms with Gasteiger partial charge in [0, 0.05) is 0 Å². The molecule has 0 heterocycles. The fourth-order valence-corrected chi connectivity index (χ4v) is 1.59. The Kier molecular flexibility index (Phi) is 5.06. The van der Waals surface area contributed by atoms with Crippen molar-refractivity contribution in [1.29, 1.82) is 0 Å². The largest absolute Gasteiger partial charge is 0.269 e. The fraction of sp³-hybridized carbons (Fsp3) is 0.200. The van der Waals surface area contributed by atoms with Crippen LogP contribution in [0.25, 0.3) is 0 Å². The Morgan fingerprint density at radius 2 is 1.50 bits per heavy atom. The lowest BCUT2D eigenvalue weighted by Gasteiger charge is -2.19. The molecule has 0 aliphatic heterocycles. The minimum absolute atomic E-state index is 0.338. The molecule has 0 aliphatic rings. The maximum Gasteiger partial charge on any atom is 0.257 e. The number of rotatable bonds is 3. The number of carbonyl (C=O) groups is 2. The van der Waals surface area contributed by atoms with Crippen LogP contribution in [-0.2, 0) is 9.59 Å². The molecule has 1 rings (SSSR count). The summed E-state index contributed by atoms with van der Waals surface area (Å²) < 4.78 is 0. The van der Waals surface area contributed by atoms with E-state index in [2.05, 4.69) is 0 Å². The van der Waals surface area contributed by atoms with Crippen molar-refractivity contribution in [2.24, 2.45) is 0 Å². The van der Waals surface area contributed by atoms with Gasteiger partial charge in [-0.1, -0.05) is 30.4 Å². The number of hydrogen-bond donors (Lipinski definition) is 0. The molecular formula is C15H17NO2. The molecule has 2 amide bonds. The number of amides is 2. The molecule has 0 aliphatic carbocycles. The van der Waals surface area contributed by atoms with Gasteiger partial charge >= 0.3 is 0 Å². The number of allylic oxidation sites excluding steroid dienone is 2. The van der Waals surface area contributed by atoms with Crippen molar-refractivity contribution >= 4 is 17.5 Å². The number of carbonyl (C=O) groups excluding carboxylic acids is 2. The highest BCUT2D eigenvalue weighted by molar-refractivity contribution is 6.22. The third-order valence-corrected chi connectivity index (χ3v) is 2.42. The van der Waals surface area contributed by atoms with Crippen LogP contribution in [0.3, 0.4) is 0 Å². The first-order valence-electron chi connectivity index (χ1n) is 5.81. The summed E-state index contributed by atoms with van der Waals surface area (Å²) in [6, 6.07) is 7.31. The van der Waals surface area contributed by atoms with Crippen LogP contribution in [-0.4, -0.2) is 11.8 Å². The van der Waals surface area contributed by atoms with E-state index in [1.54, 1.807) is 38.1 Å². The molecule has 0 bridgehead atoms. The van der Waals surface area contributed by atoms with E-state index >= 15 is 0 Å². The summed E-state index contributed by atoms with van der Waals surface area (Å²) in [6.45, 7) is 5.36. The molecule has 0 atom stereocenters. The van der Waals surface area contributed by atoms with Crippen molar-refractivity contribution in [3.05, 3.63) is 54.1 Å². The summed E-state index contributed by atoms with van der Waals surface area (Å²) in [6.07, 6.45) is 6.01. The Labute approximate surface area is 107 Å². The maximum absolute atomic E-state index is 12.0. The molecular weight excluding hydrogens is 226 g/mol. The van der Waals surface area contributed by atoms with E-state index in [0.29, 0.717) is 5.69 Å². The van der Waals surface area contributed by atoms with Crippen molar-refractivity contribution in [3.63, 3.8) is 0 Å². The molecule has 18 heavy (non-hydrogen) atoms. The first kappa shape index (κ1) is 13.9. The topological polar surface area (TPSA) is 37.4 Å². The first-order chi connectivity index (χ1) is 8.61. The standard InChI is InChI=1S/C15H17NO2/c1-4-8-14(17)16(15(18)9-5-2)13-11-7-6-10-12(13)3/h4-11H,1-3H3/b8-4+,9-5+. The van der Waals surface area contributed by atoms with Crippen molar-refractivity contribution in [2.75, 3.05) is 4.90 Å². The minimum atomic E-state index is -0.338. The number of aryl methyl sites for hydroxylation is 1. The van der Waals surface area contributed by atoms with Gasteiger partial charge in [-0.2, -0.15) is 0 Å². The Morgan fingerprint density at radius 3 is 1.94 bits per heavy atom. The minimum Gasteiger partial charge on any atom is -0.269 e. The smallest absolute Gasteiger partial charge is 0.257 e. The number of hydrogen-bond acceptors (Lipinski definition) is 2. The van der Waals surface area contributed by atoms with Crippen LogP contribution in [0.5, 0.6) is 0 Å². The quantitative estimate of drug-likeness (QED) is 0.765. The second-order valence-corrected chi connectivity index (χ2v) is 3.80. The average molecular weight is 243 g/mol. The van der Waals surface area contributed by atoms with E-state index in [9.17, 15) is 9.59 Å². The van der Waals surface area contributed by atoms with Gasteiger partial charge in [0.1, 0.15) is 0 Å². The van der Waals surface area contributed by atoms with Crippen LogP contribution >= 0.6 is 0 Å². The van der Waals surface area contributed by atoms with Crippen molar-refractivity contribution in [2.45, 2.75) is 20.8 Å². The van der Waals surface area contributed by atoms with Crippen molar-refractivity contribution in [3.8, 4) is 0 Å². The summed E-state index contributed by atoms with van der Waals surface area (Å²) >= 11 is 0. The lowest BCUT2D eigenvalue weighted by atomic mass is 10.1. The predicted molar refractivity (Wildman–Crippen MR) is 73.3 cm³/mol. The van der Waals surface area contributed by atoms with Gasteiger partial charge in [-0.15, -0.1) is 0 Å². The second kappa shape index (κ2) is 6.55. The highest BCUT2D eigenvalue weighted by atomic mass is 16.2. The van der Waals surface area contributed by atoms with E-state index in [4.69, 9.17) is 0 Å². The second-order valence-electron chi connectivity index (χ2n) is 3.80. The highest BCUT2D eigenvalue weighted by Gasteiger charge is 2.20. The number of imide groups is 1. The fourth-order valence-electron chi connectivity index (χ4n) is 1.59. The molecule has 3 nitrogen and oxygen atoms in total. The molecule has 0 fully saturated rings. The maximum atomic E-state index is 12.0. The molecule has 1 aromatic rings. The molecule has 0 radical (unpaired) electrons. The molecule has 94 valence electrons. The lowest BCUT2D eigenvalue weighted by molar-refractivity contribution is -0.121. The van der Waals surface area contributed by atoms with E-state index in [1.165, 1.54) is 17.1 Å². The van der Waals surface area contributed by atoms with Crippen LogP contribution in [0.1, 0.15) is 19.4 Å². The summed E-state index contributed by atoms with van der Waals surface area (Å²) in [5.74, 6) is -0.676. The normalized spacial score (nSPS) is 11.1. The lowest BCUT2D eigenvalue weighted by Crippen LogP contribution is -2.35. The summed E-state index contributed by atoms with van der Waals surface area (Å²) in [4.78, 5) is 25.2. The van der Waals surface area contributed by atoms with Gasteiger partial charge in [-0.05, 0) is 44.6 Å². The highest BCUT2D eigenvalue weighted by Crippen LogP contribution is 2.20. The SMILES string of the molecule is C/C=C/C(=O)N(C(=O)/C=C/C)c1ccccc1C. The van der Waals surface area contributed by atoms with E-state index in [-0.39, 0.29) is 11.8 Å². The number of benzene rings is 1. The number of anilines is 1. The Morgan fingerprint density at radius 1 is 1.00 bits per heavy atom. The van der Waals surface area contributed by atoms with Crippen LogP contribution in [0.15, 0.2) is 48.6 Å². The van der Waals surface area contributed by atoms with E-state index in [1.807, 2.05) is 19.1 Å². The zero-order valence-electron chi connectivity index (χ0n) is 10.9. The van der Waals surface area contributed by atoms with Gasteiger partial charge in [-0.3, -0.25) is 9.59 Å². The molecule has 3 heteroatoms. The molecule has 0 saturated carbocycles. The van der Waals surface area contributed by atoms with Gasteiger partial charge in [0.15, 0.2) is 0 Å². The molecule has 0 unspecified atom stereocenters. The van der Waals surface area contributed by atoms with Gasteiger partial charge in [0.2, 0.25) is 0 Å². The summed E-state index contributed by atoms with van der Waals surface area (Å²) in [7, 11) is 0. The molecule has 1 aromatic carbocycles. The van der Waals surface area contributed by atoms with Gasteiger partial charge < -0.3 is 0 Å². The number of para-hydroxylation sites is 1.